The summed E-state index contributed by atoms with van der Waals surface area (Å²) in [4.78, 5) is 20.5. The van der Waals surface area contributed by atoms with Gasteiger partial charge in [0.25, 0.3) is 5.91 Å². The van der Waals surface area contributed by atoms with E-state index in [1.165, 1.54) is 5.56 Å². The molecule has 0 saturated heterocycles. The number of amides is 1. The summed E-state index contributed by atoms with van der Waals surface area (Å²) in [7, 11) is -2.61. The van der Waals surface area contributed by atoms with E-state index in [0.29, 0.717) is 33.9 Å². The van der Waals surface area contributed by atoms with Crippen molar-refractivity contribution in [2.24, 2.45) is 21.1 Å². The van der Waals surface area contributed by atoms with E-state index < -0.39 is 16.6 Å². The largest absolute Gasteiger partial charge is 0.480 e. The second kappa shape index (κ2) is 18.3. The molecule has 0 aliphatic carbocycles. The van der Waals surface area contributed by atoms with Crippen LogP contribution in [0.3, 0.4) is 0 Å². The number of aromatic nitrogens is 1. The van der Waals surface area contributed by atoms with Crippen molar-refractivity contribution < 1.29 is 22.4 Å². The minimum Gasteiger partial charge on any atom is -0.480 e. The van der Waals surface area contributed by atoms with Crippen LogP contribution in [0, 0.1) is 15.6 Å². The maximum atomic E-state index is 13.9. The molecule has 13 heteroatoms. The van der Waals surface area contributed by atoms with E-state index in [9.17, 15) is 4.79 Å². The third kappa shape index (κ3) is 13.4. The maximum Gasteiger partial charge on any atom is 0.341 e. The van der Waals surface area contributed by atoms with Crippen molar-refractivity contribution in [1.82, 2.24) is 4.98 Å². The van der Waals surface area contributed by atoms with Crippen LogP contribution in [0.5, 0.6) is 5.75 Å². The lowest BCUT2D eigenvalue weighted by molar-refractivity contribution is -0.122. The van der Waals surface area contributed by atoms with Gasteiger partial charge in [-0.15, -0.1) is 5.11 Å². The monoisotopic (exact) mass is 738 g/mol. The number of anilines is 2. The number of carbonyl (C=O) groups is 1. The van der Waals surface area contributed by atoms with Crippen molar-refractivity contribution in [2.45, 2.75) is 94.1 Å². The molecule has 1 atom stereocenters. The lowest BCUT2D eigenvalue weighted by atomic mass is 9.84. The normalized spacial score (nSPS) is 12.4. The molecule has 0 spiro atoms. The fourth-order valence-corrected chi connectivity index (χ4v) is 5.70. The summed E-state index contributed by atoms with van der Waals surface area (Å²) >= 11 is 6.10. The minimum atomic E-state index is -2.61. The van der Waals surface area contributed by atoms with Crippen molar-refractivity contribution in [1.29, 1.82) is 4.78 Å². The Hall–Kier alpha value is -4.29. The number of nitrogens with zero attached hydrogens (tertiary/aromatic N) is 4. The van der Waals surface area contributed by atoms with Crippen LogP contribution in [0.15, 0.2) is 69.2 Å². The van der Waals surface area contributed by atoms with Crippen molar-refractivity contribution >= 4 is 62.2 Å². The van der Waals surface area contributed by atoms with Gasteiger partial charge >= 0.3 is 16.5 Å². The van der Waals surface area contributed by atoms with E-state index in [1.54, 1.807) is 18.2 Å². The first-order valence-electron chi connectivity index (χ1n) is 17.2. The molecule has 4 rings (SSSR count). The average molecular weight is 739 g/mol. The van der Waals surface area contributed by atoms with Gasteiger partial charge in [0.05, 0.1) is 5.69 Å². The predicted octanol–water partition coefficient (Wildman–Crippen LogP) is 10.7. The molecule has 0 aliphatic heterocycles. The van der Waals surface area contributed by atoms with E-state index in [-0.39, 0.29) is 22.8 Å². The number of ether oxygens (including phenoxy) is 1. The second-order valence-electron chi connectivity index (χ2n) is 14.7. The summed E-state index contributed by atoms with van der Waals surface area (Å²) in [6.45, 7) is 21.3. The van der Waals surface area contributed by atoms with Crippen molar-refractivity contribution in [3.63, 3.8) is 0 Å². The van der Waals surface area contributed by atoms with Crippen LogP contribution >= 0.6 is 11.6 Å². The van der Waals surface area contributed by atoms with E-state index in [0.717, 1.165) is 49.4 Å². The van der Waals surface area contributed by atoms with Gasteiger partial charge in [-0.25, -0.2) is 0 Å². The molecule has 51 heavy (non-hydrogen) atoms. The standard InChI is InChI=1S/C38H50ClN5O3.HNO2S/c1-10-19-44(12-3)28-15-17-29(42-43-36-41-30-16-14-27(39)21-34(30)47-36)31(22-28)40-35(45)32(11-2)46-33-18-13-25(23-37(4,5)6)20-26(33)24-38(7,8)9;1-4(2)3/h13-18,20-22,32H,10-12,19,23-24H2,1-9H3,(H,40,45);1H. The smallest absolute Gasteiger partial charge is 0.341 e. The summed E-state index contributed by atoms with van der Waals surface area (Å²) in [6.07, 6.45) is 2.56. The predicted molar refractivity (Wildman–Crippen MR) is 206 cm³/mol. The number of azo groups is 1. The molecule has 1 unspecified atom stereocenters. The summed E-state index contributed by atoms with van der Waals surface area (Å²) in [5, 5.41) is 12.4. The Morgan fingerprint density at radius 2 is 1.67 bits per heavy atom. The molecule has 276 valence electrons. The molecule has 4 aromatic rings. The van der Waals surface area contributed by atoms with Crippen molar-refractivity contribution in [3.05, 3.63) is 70.7 Å². The van der Waals surface area contributed by atoms with Crippen molar-refractivity contribution in [2.75, 3.05) is 23.3 Å². The molecule has 0 saturated carbocycles. The lowest BCUT2D eigenvalue weighted by Gasteiger charge is -2.26. The molecule has 1 aromatic heterocycles. The lowest BCUT2D eigenvalue weighted by Crippen LogP contribution is -2.33. The number of hydrogen-bond donors (Lipinski definition) is 2. The number of halogens is 1. The van der Waals surface area contributed by atoms with Gasteiger partial charge in [0.15, 0.2) is 11.7 Å². The zero-order valence-electron chi connectivity index (χ0n) is 31.1. The molecule has 11 nitrogen and oxygen atoms in total. The fraction of sp³-hybridized carbons (Fsp3) is 0.474. The van der Waals surface area contributed by atoms with E-state index in [2.05, 4.69) is 93.0 Å². The number of oxazole rings is 1. The van der Waals surface area contributed by atoms with Gasteiger partial charge in [-0.1, -0.05) is 84.2 Å². The molecule has 1 heterocycles. The highest BCUT2D eigenvalue weighted by Crippen LogP contribution is 2.35. The van der Waals surface area contributed by atoms with Gasteiger partial charge in [0.2, 0.25) is 0 Å². The number of nitrogens with one attached hydrogen (secondary N) is 2. The van der Waals surface area contributed by atoms with Crippen LogP contribution in [0.2, 0.25) is 5.02 Å². The van der Waals surface area contributed by atoms with Crippen LogP contribution in [0.4, 0.5) is 23.1 Å². The Balaban J connectivity index is 0.00000166. The highest BCUT2D eigenvalue weighted by Gasteiger charge is 2.24. The molecule has 1 amide bonds. The first kappa shape index (κ1) is 41.1. The van der Waals surface area contributed by atoms with Crippen molar-refractivity contribution in [3.8, 4) is 5.75 Å². The van der Waals surface area contributed by atoms with Crippen LogP contribution in [0.1, 0.15) is 86.3 Å². The summed E-state index contributed by atoms with van der Waals surface area (Å²) < 4.78 is 35.1. The Morgan fingerprint density at radius 1 is 0.980 bits per heavy atom. The van der Waals surface area contributed by atoms with Crippen LogP contribution in [0.25, 0.3) is 11.1 Å². The van der Waals surface area contributed by atoms with Crippen LogP contribution < -0.4 is 15.0 Å². The molecule has 2 N–H and O–H groups in total. The molecule has 3 aromatic carbocycles. The van der Waals surface area contributed by atoms with Gasteiger partial charge in [-0.05, 0) is 91.0 Å². The number of benzene rings is 3. The third-order valence-electron chi connectivity index (χ3n) is 7.57. The van der Waals surface area contributed by atoms with Crippen LogP contribution in [-0.4, -0.2) is 38.5 Å². The molecule has 0 radical (unpaired) electrons. The molecular formula is C38H51ClN6O5S. The number of hydrogen-bond acceptors (Lipinski definition) is 10. The van der Waals surface area contributed by atoms with Crippen LogP contribution in [-0.2, 0) is 28.1 Å². The highest BCUT2D eigenvalue weighted by molar-refractivity contribution is 7.60. The second-order valence-corrected chi connectivity index (χ2v) is 15.7. The average Bonchev–Trinajstić information content (AvgIpc) is 3.43. The first-order chi connectivity index (χ1) is 23.9. The van der Waals surface area contributed by atoms with Gasteiger partial charge < -0.3 is 19.4 Å². The third-order valence-corrected chi connectivity index (χ3v) is 7.81. The zero-order valence-corrected chi connectivity index (χ0v) is 32.7. The Bertz CT molecular complexity index is 1920. The Labute approximate surface area is 308 Å². The fourth-order valence-electron chi connectivity index (χ4n) is 5.54. The molecular weight excluding hydrogens is 688 g/mol. The molecule has 0 aliphatic rings. The van der Waals surface area contributed by atoms with Gasteiger partial charge in [-0.2, -0.15) is 18.2 Å². The maximum absolute atomic E-state index is 13.9. The van der Waals surface area contributed by atoms with E-state index in [1.807, 2.05) is 31.2 Å². The Morgan fingerprint density at radius 3 is 2.27 bits per heavy atom. The summed E-state index contributed by atoms with van der Waals surface area (Å²) in [5.74, 6) is 0.487. The Kier molecular flexibility index (Phi) is 14.7. The topological polar surface area (TPSA) is 150 Å². The van der Waals surface area contributed by atoms with E-state index >= 15 is 0 Å². The minimum absolute atomic E-state index is 0.0490. The molecule has 0 fully saturated rings. The summed E-state index contributed by atoms with van der Waals surface area (Å²) in [5.41, 5.74) is 5.73. The molecule has 0 bridgehead atoms. The number of carbonyl (C=O) groups excluding carboxylic acids is 1. The first-order valence-corrected chi connectivity index (χ1v) is 18.6. The number of fused-ring (bicyclic) bond motifs is 1. The summed E-state index contributed by atoms with van der Waals surface area (Å²) in [6, 6.07) is 17.5. The number of rotatable bonds is 13. The quantitative estimate of drug-likeness (QED) is 0.130. The van der Waals surface area contributed by atoms with Gasteiger partial charge in [-0.3, -0.25) is 4.79 Å². The SMILES string of the molecule is CCCN(CC)c1ccc(N=Nc2nc3ccc(Cl)cc3o2)c(NC(=O)C(CC)Oc2ccc(CC(C)(C)C)cc2CC(C)(C)C)c1.N=S(=O)=O. The van der Waals surface area contributed by atoms with Gasteiger partial charge in [0.1, 0.15) is 17.0 Å². The highest BCUT2D eigenvalue weighted by atomic mass is 35.5. The van der Waals surface area contributed by atoms with E-state index in [4.69, 9.17) is 34.0 Å². The zero-order chi connectivity index (χ0) is 37.9. The van der Waals surface area contributed by atoms with Gasteiger partial charge in [0, 0.05) is 29.9 Å².